The molecule has 0 aliphatic heterocycles. The summed E-state index contributed by atoms with van der Waals surface area (Å²) in [5, 5.41) is 3.70. The maximum Gasteiger partial charge on any atom is 0.230 e. The Kier molecular flexibility index (Phi) is 3.04. The number of benzene rings is 1. The first-order valence-electron chi connectivity index (χ1n) is 5.58. The lowest BCUT2D eigenvalue weighted by atomic mass is 10.0. The largest absolute Gasteiger partial charge is 0.493 e. The molecular weight excluding hydrogens is 216 g/mol. The number of hydrogen-bond donors (Lipinski definition) is 1. The van der Waals surface area contributed by atoms with Crippen molar-refractivity contribution < 1.29 is 9.26 Å². The lowest BCUT2D eigenvalue weighted by molar-refractivity contribution is 0.339. The van der Waals surface area contributed by atoms with Gasteiger partial charge in [-0.25, -0.2) is 0 Å². The molecule has 2 rings (SSSR count). The summed E-state index contributed by atoms with van der Waals surface area (Å²) in [4.78, 5) is 0. The van der Waals surface area contributed by atoms with Gasteiger partial charge in [0, 0.05) is 5.56 Å². The minimum atomic E-state index is 0.314. The zero-order valence-electron chi connectivity index (χ0n) is 10.3. The second-order valence-electron chi connectivity index (χ2n) is 3.92. The van der Waals surface area contributed by atoms with Crippen LogP contribution in [0.25, 0.3) is 11.1 Å². The molecule has 0 aliphatic carbocycles. The van der Waals surface area contributed by atoms with E-state index in [9.17, 15) is 0 Å². The van der Waals surface area contributed by atoms with E-state index in [2.05, 4.69) is 12.1 Å². The maximum atomic E-state index is 5.74. The fourth-order valence-electron chi connectivity index (χ4n) is 1.78. The van der Waals surface area contributed by atoms with Gasteiger partial charge in [-0.05, 0) is 31.9 Å². The molecule has 90 valence electrons. The predicted molar refractivity (Wildman–Crippen MR) is 67.0 cm³/mol. The highest BCUT2D eigenvalue weighted by molar-refractivity contribution is 5.78. The van der Waals surface area contributed by atoms with E-state index in [0.717, 1.165) is 22.4 Å². The van der Waals surface area contributed by atoms with Gasteiger partial charge in [0.05, 0.1) is 18.4 Å². The molecular formula is C13H16N2O2. The predicted octanol–water partition coefficient (Wildman–Crippen LogP) is 2.94. The van der Waals surface area contributed by atoms with Gasteiger partial charge in [-0.2, -0.15) is 0 Å². The Hall–Kier alpha value is -1.97. The summed E-state index contributed by atoms with van der Waals surface area (Å²) in [5.74, 6) is 1.16. The minimum Gasteiger partial charge on any atom is -0.493 e. The summed E-state index contributed by atoms with van der Waals surface area (Å²) >= 11 is 0. The number of hydrogen-bond acceptors (Lipinski definition) is 4. The van der Waals surface area contributed by atoms with Gasteiger partial charge in [0.2, 0.25) is 5.88 Å². The standard InChI is InChI=1S/C13H16N2O2/c1-4-16-12-9(3)8(2)5-6-10(12)11-7-15-17-13(11)14/h5-7H,4,14H2,1-3H3. The van der Waals surface area contributed by atoms with Gasteiger partial charge >= 0.3 is 0 Å². The van der Waals surface area contributed by atoms with E-state index in [1.165, 1.54) is 5.56 Å². The minimum absolute atomic E-state index is 0.314. The van der Waals surface area contributed by atoms with E-state index in [1.807, 2.05) is 26.0 Å². The Labute approximate surface area is 100 Å². The van der Waals surface area contributed by atoms with Crippen molar-refractivity contribution in [2.24, 2.45) is 0 Å². The molecule has 1 heterocycles. The quantitative estimate of drug-likeness (QED) is 0.883. The number of nitrogen functional groups attached to an aromatic ring is 1. The van der Waals surface area contributed by atoms with Crippen molar-refractivity contribution in [3.05, 3.63) is 29.5 Å². The molecule has 1 aromatic heterocycles. The second-order valence-corrected chi connectivity index (χ2v) is 3.92. The lowest BCUT2D eigenvalue weighted by Crippen LogP contribution is -1.99. The van der Waals surface area contributed by atoms with Crippen LogP contribution >= 0.6 is 0 Å². The highest BCUT2D eigenvalue weighted by atomic mass is 16.5. The number of aryl methyl sites for hydroxylation is 1. The second kappa shape index (κ2) is 4.49. The number of nitrogens with zero attached hydrogens (tertiary/aromatic N) is 1. The van der Waals surface area contributed by atoms with Crippen LogP contribution in [0.15, 0.2) is 22.9 Å². The van der Waals surface area contributed by atoms with E-state index in [0.29, 0.717) is 12.5 Å². The summed E-state index contributed by atoms with van der Waals surface area (Å²) in [6, 6.07) is 4.02. The molecule has 4 heteroatoms. The molecule has 0 aliphatic rings. The van der Waals surface area contributed by atoms with E-state index < -0.39 is 0 Å². The van der Waals surface area contributed by atoms with Crippen LogP contribution in [0.1, 0.15) is 18.1 Å². The SMILES string of the molecule is CCOc1c(-c2cnoc2N)ccc(C)c1C. The Morgan fingerprint density at radius 1 is 1.29 bits per heavy atom. The van der Waals surface area contributed by atoms with Gasteiger partial charge in [0.15, 0.2) is 0 Å². The normalized spacial score (nSPS) is 10.5. The van der Waals surface area contributed by atoms with E-state index in [1.54, 1.807) is 6.20 Å². The van der Waals surface area contributed by atoms with Crippen molar-refractivity contribution in [3.8, 4) is 16.9 Å². The van der Waals surface area contributed by atoms with Crippen LogP contribution in [0.4, 0.5) is 5.88 Å². The first-order valence-corrected chi connectivity index (χ1v) is 5.58. The average Bonchev–Trinajstić information content (AvgIpc) is 2.72. The van der Waals surface area contributed by atoms with Crippen LogP contribution in [-0.4, -0.2) is 11.8 Å². The van der Waals surface area contributed by atoms with E-state index in [-0.39, 0.29) is 0 Å². The van der Waals surface area contributed by atoms with Crippen LogP contribution in [0.2, 0.25) is 0 Å². The van der Waals surface area contributed by atoms with Gasteiger partial charge in [0.25, 0.3) is 0 Å². The zero-order chi connectivity index (χ0) is 12.4. The molecule has 0 spiro atoms. The first kappa shape index (κ1) is 11.5. The number of nitrogens with two attached hydrogens (primary N) is 1. The molecule has 0 bridgehead atoms. The third kappa shape index (κ3) is 1.98. The summed E-state index contributed by atoms with van der Waals surface area (Å²) in [5.41, 5.74) is 9.74. The molecule has 0 amide bonds. The van der Waals surface area contributed by atoms with Crippen molar-refractivity contribution in [2.45, 2.75) is 20.8 Å². The van der Waals surface area contributed by atoms with Crippen LogP contribution in [0, 0.1) is 13.8 Å². The molecule has 4 nitrogen and oxygen atoms in total. The topological polar surface area (TPSA) is 61.3 Å². The van der Waals surface area contributed by atoms with Crippen LogP contribution in [0.3, 0.4) is 0 Å². The Balaban J connectivity index is 2.61. The van der Waals surface area contributed by atoms with Crippen LogP contribution in [-0.2, 0) is 0 Å². The molecule has 2 aromatic rings. The zero-order valence-corrected chi connectivity index (χ0v) is 10.3. The summed E-state index contributed by atoms with van der Waals surface area (Å²) < 4.78 is 10.6. The molecule has 17 heavy (non-hydrogen) atoms. The molecule has 0 unspecified atom stereocenters. The molecule has 2 N–H and O–H groups in total. The fourth-order valence-corrected chi connectivity index (χ4v) is 1.78. The fraction of sp³-hybridized carbons (Fsp3) is 0.308. The maximum absolute atomic E-state index is 5.74. The van der Waals surface area contributed by atoms with Crippen molar-refractivity contribution >= 4 is 5.88 Å². The van der Waals surface area contributed by atoms with Crippen molar-refractivity contribution in [1.29, 1.82) is 0 Å². The summed E-state index contributed by atoms with van der Waals surface area (Å²) in [7, 11) is 0. The number of rotatable bonds is 3. The third-order valence-corrected chi connectivity index (χ3v) is 2.85. The average molecular weight is 232 g/mol. The Morgan fingerprint density at radius 2 is 2.06 bits per heavy atom. The van der Waals surface area contributed by atoms with Gasteiger partial charge in [-0.3, -0.25) is 0 Å². The van der Waals surface area contributed by atoms with Crippen LogP contribution in [0.5, 0.6) is 5.75 Å². The highest BCUT2D eigenvalue weighted by Gasteiger charge is 2.15. The smallest absolute Gasteiger partial charge is 0.230 e. The third-order valence-electron chi connectivity index (χ3n) is 2.85. The van der Waals surface area contributed by atoms with Gasteiger partial charge in [0.1, 0.15) is 5.75 Å². The van der Waals surface area contributed by atoms with Crippen LogP contribution < -0.4 is 10.5 Å². The number of anilines is 1. The number of ether oxygens (including phenoxy) is 1. The summed E-state index contributed by atoms with van der Waals surface area (Å²) in [6.07, 6.45) is 1.61. The van der Waals surface area contributed by atoms with Gasteiger partial charge in [-0.15, -0.1) is 0 Å². The molecule has 0 saturated heterocycles. The lowest BCUT2D eigenvalue weighted by Gasteiger charge is -2.14. The van der Waals surface area contributed by atoms with Crippen molar-refractivity contribution in [3.63, 3.8) is 0 Å². The van der Waals surface area contributed by atoms with Gasteiger partial charge in [-0.1, -0.05) is 17.3 Å². The van der Waals surface area contributed by atoms with E-state index >= 15 is 0 Å². The molecule has 0 saturated carbocycles. The monoisotopic (exact) mass is 232 g/mol. The first-order chi connectivity index (χ1) is 8.15. The molecule has 0 atom stereocenters. The highest BCUT2D eigenvalue weighted by Crippen LogP contribution is 2.37. The summed E-state index contributed by atoms with van der Waals surface area (Å²) in [6.45, 7) is 6.66. The van der Waals surface area contributed by atoms with Crippen molar-refractivity contribution in [2.75, 3.05) is 12.3 Å². The van der Waals surface area contributed by atoms with Gasteiger partial charge < -0.3 is 15.0 Å². The Bertz CT molecular complexity index is 532. The number of aromatic nitrogens is 1. The van der Waals surface area contributed by atoms with E-state index in [4.69, 9.17) is 15.0 Å². The Morgan fingerprint density at radius 3 is 2.65 bits per heavy atom. The molecule has 1 aromatic carbocycles. The molecule has 0 fully saturated rings. The van der Waals surface area contributed by atoms with Crippen molar-refractivity contribution in [1.82, 2.24) is 5.16 Å². The molecule has 0 radical (unpaired) electrons.